The molecule has 0 aliphatic carbocycles. The summed E-state index contributed by atoms with van der Waals surface area (Å²) in [7, 11) is -3.46. The molecule has 1 aliphatic heterocycles. The molecule has 0 aromatic carbocycles. The summed E-state index contributed by atoms with van der Waals surface area (Å²) in [4.78, 5) is 0. The lowest BCUT2D eigenvalue weighted by molar-refractivity contribution is -0.135. The molecule has 1 unspecified atom stereocenters. The van der Waals surface area contributed by atoms with E-state index in [0.717, 1.165) is 19.4 Å². The number of alkyl halides is 3. The largest absolute Gasteiger partial charge is 0.389 e. The van der Waals surface area contributed by atoms with Crippen molar-refractivity contribution in [2.24, 2.45) is 5.92 Å². The summed E-state index contributed by atoms with van der Waals surface area (Å²) in [5, 5.41) is 3.10. The van der Waals surface area contributed by atoms with Crippen LogP contribution in [0.4, 0.5) is 13.2 Å². The molecule has 108 valence electrons. The fraction of sp³-hybridized carbons (Fsp3) is 1.00. The van der Waals surface area contributed by atoms with Crippen LogP contribution in [0.1, 0.15) is 25.7 Å². The van der Waals surface area contributed by atoms with Crippen LogP contribution >= 0.6 is 0 Å². The zero-order chi connectivity index (χ0) is 13.6. The first-order chi connectivity index (χ1) is 8.29. The lowest BCUT2D eigenvalue weighted by atomic mass is 10.0. The van der Waals surface area contributed by atoms with E-state index in [9.17, 15) is 21.6 Å². The molecule has 0 aromatic heterocycles. The Bertz CT molecular complexity index is 338. The highest BCUT2D eigenvalue weighted by Crippen LogP contribution is 2.20. The van der Waals surface area contributed by atoms with Gasteiger partial charge in [-0.2, -0.15) is 13.2 Å². The van der Waals surface area contributed by atoms with Crippen molar-refractivity contribution in [1.29, 1.82) is 0 Å². The second kappa shape index (κ2) is 6.72. The van der Waals surface area contributed by atoms with E-state index in [1.165, 1.54) is 0 Å². The van der Waals surface area contributed by atoms with Gasteiger partial charge in [0.1, 0.15) is 0 Å². The smallest absolute Gasteiger partial charge is 0.316 e. The van der Waals surface area contributed by atoms with Crippen molar-refractivity contribution < 1.29 is 21.6 Å². The molecule has 0 spiro atoms. The highest BCUT2D eigenvalue weighted by molar-refractivity contribution is 7.89. The van der Waals surface area contributed by atoms with Gasteiger partial charge >= 0.3 is 6.18 Å². The average molecular weight is 288 g/mol. The normalized spacial score (nSPS) is 22.1. The number of halogens is 3. The Morgan fingerprint density at radius 2 is 2.06 bits per heavy atom. The van der Waals surface area contributed by atoms with Crippen LogP contribution in [0, 0.1) is 5.92 Å². The van der Waals surface area contributed by atoms with Gasteiger partial charge < -0.3 is 5.32 Å². The molecular formula is C10H19F3N2O2S. The molecule has 1 rings (SSSR count). The topological polar surface area (TPSA) is 58.2 Å². The highest BCUT2D eigenvalue weighted by atomic mass is 32.2. The van der Waals surface area contributed by atoms with Crippen LogP contribution in [-0.2, 0) is 10.0 Å². The fourth-order valence-electron chi connectivity index (χ4n) is 1.95. The molecule has 0 bridgehead atoms. The van der Waals surface area contributed by atoms with Gasteiger partial charge in [-0.15, -0.1) is 0 Å². The molecule has 1 aliphatic rings. The van der Waals surface area contributed by atoms with Crippen LogP contribution in [0.3, 0.4) is 0 Å². The maximum atomic E-state index is 11.9. The molecule has 2 N–H and O–H groups in total. The molecule has 1 fully saturated rings. The second-order valence-corrected chi connectivity index (χ2v) is 6.46. The molecule has 8 heteroatoms. The highest BCUT2D eigenvalue weighted by Gasteiger charge is 2.26. The van der Waals surface area contributed by atoms with Crippen molar-refractivity contribution in [2.75, 3.05) is 25.4 Å². The summed E-state index contributed by atoms with van der Waals surface area (Å²) in [5.41, 5.74) is 0. The predicted octanol–water partition coefficient (Wildman–Crippen LogP) is 1.25. The van der Waals surface area contributed by atoms with E-state index < -0.39 is 22.6 Å². The third-order valence-electron chi connectivity index (χ3n) is 2.81. The molecule has 4 nitrogen and oxygen atoms in total. The standard InChI is InChI=1S/C10H19F3N2O2S/c11-10(12,13)4-2-6-15-18(16,17)8-9-3-1-5-14-7-9/h9,14-15H,1-8H2. The van der Waals surface area contributed by atoms with Gasteiger partial charge in [0.05, 0.1) is 5.75 Å². The van der Waals surface area contributed by atoms with E-state index in [0.29, 0.717) is 6.54 Å². The van der Waals surface area contributed by atoms with Crippen molar-refractivity contribution in [2.45, 2.75) is 31.9 Å². The third kappa shape index (κ3) is 7.17. The first-order valence-corrected chi connectivity index (χ1v) is 7.68. The second-order valence-electron chi connectivity index (χ2n) is 4.61. The fourth-order valence-corrected chi connectivity index (χ4v) is 3.43. The van der Waals surface area contributed by atoms with Crippen molar-refractivity contribution >= 4 is 10.0 Å². The van der Waals surface area contributed by atoms with Crippen molar-refractivity contribution in [3.05, 3.63) is 0 Å². The van der Waals surface area contributed by atoms with E-state index in [-0.39, 0.29) is 24.6 Å². The summed E-state index contributed by atoms with van der Waals surface area (Å²) < 4.78 is 61.0. The van der Waals surface area contributed by atoms with Crippen LogP contribution < -0.4 is 10.0 Å². The van der Waals surface area contributed by atoms with E-state index in [4.69, 9.17) is 0 Å². The number of rotatable bonds is 6. The lowest BCUT2D eigenvalue weighted by Crippen LogP contribution is -2.38. The van der Waals surface area contributed by atoms with Gasteiger partial charge in [-0.3, -0.25) is 0 Å². The van der Waals surface area contributed by atoms with Gasteiger partial charge in [0.2, 0.25) is 10.0 Å². The average Bonchev–Trinajstić information content (AvgIpc) is 2.24. The Labute approximate surface area is 105 Å². The van der Waals surface area contributed by atoms with Gasteiger partial charge in [-0.1, -0.05) is 0 Å². The first-order valence-electron chi connectivity index (χ1n) is 6.03. The minimum absolute atomic E-state index is 0.00792. The minimum Gasteiger partial charge on any atom is -0.316 e. The Morgan fingerprint density at radius 3 is 2.61 bits per heavy atom. The molecule has 0 radical (unpaired) electrons. The van der Waals surface area contributed by atoms with Crippen LogP contribution in [-0.4, -0.2) is 40.0 Å². The zero-order valence-electron chi connectivity index (χ0n) is 10.1. The summed E-state index contributed by atoms with van der Waals surface area (Å²) in [6.45, 7) is 1.40. The van der Waals surface area contributed by atoms with E-state index >= 15 is 0 Å². The first kappa shape index (κ1) is 15.7. The predicted molar refractivity (Wildman–Crippen MR) is 62.7 cm³/mol. The maximum absolute atomic E-state index is 11.9. The Hall–Kier alpha value is -0.340. The molecule has 1 saturated heterocycles. The number of piperidine rings is 1. The summed E-state index contributed by atoms with van der Waals surface area (Å²) in [6.07, 6.45) is -3.62. The van der Waals surface area contributed by atoms with Gasteiger partial charge in [-0.25, -0.2) is 13.1 Å². The molecule has 18 heavy (non-hydrogen) atoms. The monoisotopic (exact) mass is 288 g/mol. The maximum Gasteiger partial charge on any atom is 0.389 e. The molecule has 1 atom stereocenters. The van der Waals surface area contributed by atoms with E-state index in [2.05, 4.69) is 10.0 Å². The Balaban J connectivity index is 2.22. The van der Waals surface area contributed by atoms with Gasteiger partial charge in [-0.05, 0) is 38.3 Å². The molecule has 1 heterocycles. The molecular weight excluding hydrogens is 269 g/mol. The van der Waals surface area contributed by atoms with Crippen LogP contribution in [0.2, 0.25) is 0 Å². The molecule has 0 saturated carbocycles. The summed E-state index contributed by atoms with van der Waals surface area (Å²) in [5.74, 6) is 0.0466. The lowest BCUT2D eigenvalue weighted by Gasteiger charge is -2.22. The SMILES string of the molecule is O=S(=O)(CC1CCCNC1)NCCCC(F)(F)F. The van der Waals surface area contributed by atoms with Crippen LogP contribution in [0.25, 0.3) is 0 Å². The van der Waals surface area contributed by atoms with Crippen molar-refractivity contribution in [3.63, 3.8) is 0 Å². The number of hydrogen-bond donors (Lipinski definition) is 2. The van der Waals surface area contributed by atoms with Gasteiger partial charge in [0, 0.05) is 13.0 Å². The third-order valence-corrected chi connectivity index (χ3v) is 4.37. The molecule has 0 amide bonds. The minimum atomic E-state index is -4.22. The Morgan fingerprint density at radius 1 is 1.33 bits per heavy atom. The van der Waals surface area contributed by atoms with Gasteiger partial charge in [0.25, 0.3) is 0 Å². The zero-order valence-corrected chi connectivity index (χ0v) is 10.9. The van der Waals surface area contributed by atoms with E-state index in [1.54, 1.807) is 0 Å². The number of sulfonamides is 1. The van der Waals surface area contributed by atoms with E-state index in [1.807, 2.05) is 0 Å². The number of nitrogens with one attached hydrogen (secondary N) is 2. The summed E-state index contributed by atoms with van der Waals surface area (Å²) >= 11 is 0. The number of hydrogen-bond acceptors (Lipinski definition) is 3. The van der Waals surface area contributed by atoms with Crippen LogP contribution in [0.5, 0.6) is 0 Å². The summed E-state index contributed by atoms with van der Waals surface area (Å²) in [6, 6.07) is 0. The Kier molecular flexibility index (Phi) is 5.87. The van der Waals surface area contributed by atoms with Crippen molar-refractivity contribution in [1.82, 2.24) is 10.0 Å². The quantitative estimate of drug-likeness (QED) is 0.723. The van der Waals surface area contributed by atoms with Crippen LogP contribution in [0.15, 0.2) is 0 Å². The van der Waals surface area contributed by atoms with Gasteiger partial charge in [0.15, 0.2) is 0 Å². The molecule has 0 aromatic rings. The van der Waals surface area contributed by atoms with Crippen molar-refractivity contribution in [3.8, 4) is 0 Å².